The number of hydrogen-bond acceptors (Lipinski definition) is 1. The van der Waals surface area contributed by atoms with Gasteiger partial charge < -0.3 is 0 Å². The molecule has 2 aromatic rings. The third-order valence-corrected chi connectivity index (χ3v) is 4.05. The molecule has 0 N–H and O–H groups in total. The Balaban J connectivity index is 1.97. The van der Waals surface area contributed by atoms with Crippen molar-refractivity contribution in [1.29, 1.82) is 0 Å². The van der Waals surface area contributed by atoms with Crippen molar-refractivity contribution >= 4 is 0 Å². The molecule has 0 spiro atoms. The van der Waals surface area contributed by atoms with Gasteiger partial charge in [-0.2, -0.15) is 0 Å². The first-order valence-electron chi connectivity index (χ1n) is 7.18. The van der Waals surface area contributed by atoms with Crippen LogP contribution in [0.5, 0.6) is 0 Å². The van der Waals surface area contributed by atoms with Gasteiger partial charge in [0.1, 0.15) is 0 Å². The second-order valence-corrected chi connectivity index (χ2v) is 5.61. The summed E-state index contributed by atoms with van der Waals surface area (Å²) < 4.78 is 0. The van der Waals surface area contributed by atoms with E-state index in [4.69, 9.17) is 0 Å². The zero-order chi connectivity index (χ0) is 13.1. The highest BCUT2D eigenvalue weighted by atomic mass is 15.2. The van der Waals surface area contributed by atoms with Gasteiger partial charge >= 0.3 is 0 Å². The number of nitrogens with zero attached hydrogens (tertiary/aromatic N) is 1. The summed E-state index contributed by atoms with van der Waals surface area (Å²) in [5.41, 5.74) is 2.81. The number of rotatable bonds is 3. The molecule has 1 heteroatoms. The van der Waals surface area contributed by atoms with Crippen molar-refractivity contribution in [1.82, 2.24) is 4.90 Å². The summed E-state index contributed by atoms with van der Waals surface area (Å²) in [5.74, 6) is 0.815. The fourth-order valence-electron chi connectivity index (χ4n) is 3.09. The standard InChI is InChI=1S/C18H21N/c1-15-12-13-19(14-15)18(16-8-4-2-5-9-16)17-10-6-3-7-11-17/h2-11,15,18H,12-14H2,1H3. The van der Waals surface area contributed by atoms with Gasteiger partial charge in [-0.25, -0.2) is 0 Å². The molecule has 1 aliphatic heterocycles. The van der Waals surface area contributed by atoms with Gasteiger partial charge in [0, 0.05) is 6.54 Å². The molecule has 1 atom stereocenters. The van der Waals surface area contributed by atoms with Crippen LogP contribution in [0, 0.1) is 5.92 Å². The minimum atomic E-state index is 0.410. The predicted molar refractivity (Wildman–Crippen MR) is 80.1 cm³/mol. The molecule has 1 unspecified atom stereocenters. The lowest BCUT2D eigenvalue weighted by Gasteiger charge is -2.28. The van der Waals surface area contributed by atoms with Crippen LogP contribution in [0.1, 0.15) is 30.5 Å². The molecule has 1 nitrogen and oxygen atoms in total. The fraction of sp³-hybridized carbons (Fsp3) is 0.333. The minimum absolute atomic E-state index is 0.410. The molecule has 98 valence electrons. The van der Waals surface area contributed by atoms with Crippen molar-refractivity contribution in [2.24, 2.45) is 5.92 Å². The highest BCUT2D eigenvalue weighted by Crippen LogP contribution is 2.32. The van der Waals surface area contributed by atoms with Gasteiger partial charge in [0.25, 0.3) is 0 Å². The second-order valence-electron chi connectivity index (χ2n) is 5.61. The van der Waals surface area contributed by atoms with Gasteiger partial charge in [0.2, 0.25) is 0 Å². The molecule has 2 aromatic carbocycles. The van der Waals surface area contributed by atoms with Gasteiger partial charge in [-0.15, -0.1) is 0 Å². The van der Waals surface area contributed by atoms with E-state index in [-0.39, 0.29) is 0 Å². The summed E-state index contributed by atoms with van der Waals surface area (Å²) >= 11 is 0. The SMILES string of the molecule is CC1CCN(C(c2ccccc2)c2ccccc2)C1. The van der Waals surface area contributed by atoms with E-state index < -0.39 is 0 Å². The molecule has 0 saturated carbocycles. The molecule has 3 rings (SSSR count). The molecular weight excluding hydrogens is 230 g/mol. The van der Waals surface area contributed by atoms with Crippen LogP contribution in [0.25, 0.3) is 0 Å². The highest BCUT2D eigenvalue weighted by molar-refractivity contribution is 5.32. The van der Waals surface area contributed by atoms with Crippen molar-refractivity contribution in [3.05, 3.63) is 71.8 Å². The predicted octanol–water partition coefficient (Wildman–Crippen LogP) is 4.12. The molecule has 1 fully saturated rings. The lowest BCUT2D eigenvalue weighted by Crippen LogP contribution is -2.27. The number of hydrogen-bond donors (Lipinski definition) is 0. The Bertz CT molecular complexity index is 466. The van der Waals surface area contributed by atoms with Crippen molar-refractivity contribution in [3.8, 4) is 0 Å². The zero-order valence-electron chi connectivity index (χ0n) is 11.5. The van der Waals surface area contributed by atoms with Gasteiger partial charge in [0.15, 0.2) is 0 Å². The van der Waals surface area contributed by atoms with Gasteiger partial charge in [-0.05, 0) is 30.0 Å². The maximum Gasteiger partial charge on any atom is 0.0601 e. The van der Waals surface area contributed by atoms with Gasteiger partial charge in [-0.3, -0.25) is 4.90 Å². The molecular formula is C18H21N. The maximum atomic E-state index is 2.62. The summed E-state index contributed by atoms with van der Waals surface area (Å²) in [6, 6.07) is 22.2. The van der Waals surface area contributed by atoms with Crippen LogP contribution in [-0.2, 0) is 0 Å². The summed E-state index contributed by atoms with van der Waals surface area (Å²) in [6.45, 7) is 4.76. The molecule has 0 radical (unpaired) electrons. The van der Waals surface area contributed by atoms with E-state index in [9.17, 15) is 0 Å². The first-order chi connectivity index (χ1) is 9.34. The Morgan fingerprint density at radius 2 is 1.42 bits per heavy atom. The monoisotopic (exact) mass is 251 g/mol. The normalized spacial score (nSPS) is 20.0. The second kappa shape index (κ2) is 5.58. The van der Waals surface area contributed by atoms with Crippen molar-refractivity contribution < 1.29 is 0 Å². The van der Waals surface area contributed by atoms with Crippen molar-refractivity contribution in [3.63, 3.8) is 0 Å². The van der Waals surface area contributed by atoms with Crippen molar-refractivity contribution in [2.45, 2.75) is 19.4 Å². The average molecular weight is 251 g/mol. The first-order valence-corrected chi connectivity index (χ1v) is 7.18. The molecule has 0 aliphatic carbocycles. The molecule has 0 aromatic heterocycles. The quantitative estimate of drug-likeness (QED) is 0.793. The third kappa shape index (κ3) is 2.71. The Hall–Kier alpha value is -1.60. The summed E-state index contributed by atoms with van der Waals surface area (Å²) in [4.78, 5) is 2.62. The average Bonchev–Trinajstić information content (AvgIpc) is 2.88. The van der Waals surface area contributed by atoms with Gasteiger partial charge in [-0.1, -0.05) is 67.6 Å². The van der Waals surface area contributed by atoms with E-state index >= 15 is 0 Å². The van der Waals surface area contributed by atoms with Crippen molar-refractivity contribution in [2.75, 3.05) is 13.1 Å². The topological polar surface area (TPSA) is 3.24 Å². The van der Waals surface area contributed by atoms with Crippen LogP contribution >= 0.6 is 0 Å². The Labute approximate surface area is 115 Å². The van der Waals surface area contributed by atoms with Gasteiger partial charge in [0.05, 0.1) is 6.04 Å². The van der Waals surface area contributed by atoms with E-state index in [1.807, 2.05) is 0 Å². The Morgan fingerprint density at radius 3 is 1.84 bits per heavy atom. The summed E-state index contributed by atoms with van der Waals surface area (Å²) in [6.07, 6.45) is 1.32. The van der Waals surface area contributed by atoms with Crippen LogP contribution in [0.3, 0.4) is 0 Å². The Morgan fingerprint density at radius 1 is 0.895 bits per heavy atom. The fourth-order valence-corrected chi connectivity index (χ4v) is 3.09. The maximum absolute atomic E-state index is 2.62. The van der Waals surface area contributed by atoms with Crippen LogP contribution in [-0.4, -0.2) is 18.0 Å². The van der Waals surface area contributed by atoms with E-state index in [1.54, 1.807) is 0 Å². The Kier molecular flexibility index (Phi) is 3.65. The molecule has 19 heavy (non-hydrogen) atoms. The molecule has 1 saturated heterocycles. The largest absolute Gasteiger partial charge is 0.292 e. The lowest BCUT2D eigenvalue weighted by atomic mass is 9.97. The molecule has 0 bridgehead atoms. The van der Waals surface area contributed by atoms with E-state index in [2.05, 4.69) is 72.5 Å². The third-order valence-electron chi connectivity index (χ3n) is 4.05. The van der Waals surface area contributed by atoms with Crippen LogP contribution < -0.4 is 0 Å². The zero-order valence-corrected chi connectivity index (χ0v) is 11.5. The molecule has 1 aliphatic rings. The number of benzene rings is 2. The highest BCUT2D eigenvalue weighted by Gasteiger charge is 2.27. The first kappa shape index (κ1) is 12.4. The number of likely N-dealkylation sites (tertiary alicyclic amines) is 1. The van der Waals surface area contributed by atoms with E-state index in [0.717, 1.165) is 5.92 Å². The summed E-state index contributed by atoms with van der Waals surface area (Å²) in [7, 11) is 0. The van der Waals surface area contributed by atoms with Crippen LogP contribution in [0.15, 0.2) is 60.7 Å². The van der Waals surface area contributed by atoms with E-state index in [1.165, 1.54) is 30.6 Å². The molecule has 0 amide bonds. The minimum Gasteiger partial charge on any atom is -0.292 e. The van der Waals surface area contributed by atoms with E-state index in [0.29, 0.717) is 6.04 Å². The van der Waals surface area contributed by atoms with Crippen LogP contribution in [0.4, 0.5) is 0 Å². The summed E-state index contributed by atoms with van der Waals surface area (Å²) in [5, 5.41) is 0. The molecule has 1 heterocycles. The van der Waals surface area contributed by atoms with Crippen LogP contribution in [0.2, 0.25) is 0 Å². The smallest absolute Gasteiger partial charge is 0.0601 e. The lowest BCUT2D eigenvalue weighted by molar-refractivity contribution is 0.272.